The number of amides is 1. The minimum absolute atomic E-state index is 0.229. The van der Waals surface area contributed by atoms with E-state index in [1.807, 2.05) is 6.07 Å². The first-order valence-corrected chi connectivity index (χ1v) is 8.76. The van der Waals surface area contributed by atoms with Crippen molar-refractivity contribution in [1.82, 2.24) is 4.98 Å². The molecule has 0 saturated heterocycles. The lowest BCUT2D eigenvalue weighted by Gasteiger charge is -2.17. The highest BCUT2D eigenvalue weighted by Gasteiger charge is 2.20. The van der Waals surface area contributed by atoms with Crippen LogP contribution in [0.3, 0.4) is 0 Å². The van der Waals surface area contributed by atoms with Crippen LogP contribution in [0.5, 0.6) is 0 Å². The van der Waals surface area contributed by atoms with E-state index < -0.39 is 23.2 Å². The van der Waals surface area contributed by atoms with Crippen LogP contribution in [0.2, 0.25) is 0 Å². The summed E-state index contributed by atoms with van der Waals surface area (Å²) in [5.74, 6) is -3.34. The lowest BCUT2D eigenvalue weighted by Crippen LogP contribution is -2.22. The first-order chi connectivity index (χ1) is 13.0. The Morgan fingerprint density at radius 2 is 1.74 bits per heavy atom. The van der Waals surface area contributed by atoms with Crippen molar-refractivity contribution < 1.29 is 23.1 Å². The zero-order valence-electron chi connectivity index (χ0n) is 14.2. The molecule has 1 aromatic heterocycles. The van der Waals surface area contributed by atoms with Crippen molar-refractivity contribution >= 4 is 34.0 Å². The number of carbonyl (C=O) groups excluding carboxylic acids is 2. The number of hydrogen-bond donors (Lipinski definition) is 0. The van der Waals surface area contributed by atoms with E-state index in [-0.39, 0.29) is 12.5 Å². The molecule has 0 aliphatic carbocycles. The topological polar surface area (TPSA) is 59.5 Å². The van der Waals surface area contributed by atoms with Gasteiger partial charge in [0.15, 0.2) is 5.13 Å². The predicted octanol–water partition coefficient (Wildman–Crippen LogP) is 4.46. The Balaban J connectivity index is 1.74. The quantitative estimate of drug-likeness (QED) is 0.606. The average Bonchev–Trinajstić information content (AvgIpc) is 3.09. The van der Waals surface area contributed by atoms with Crippen LogP contribution in [-0.4, -0.2) is 16.9 Å². The summed E-state index contributed by atoms with van der Waals surface area (Å²) < 4.78 is 32.2. The van der Waals surface area contributed by atoms with Gasteiger partial charge in [0, 0.05) is 12.3 Å². The second-order valence-electron chi connectivity index (χ2n) is 5.48. The minimum Gasteiger partial charge on any atom is -0.455 e. The Hall–Kier alpha value is -3.13. The summed E-state index contributed by atoms with van der Waals surface area (Å²) in [6.07, 6.45) is 0. The second-order valence-corrected chi connectivity index (χ2v) is 6.32. The van der Waals surface area contributed by atoms with Gasteiger partial charge in [0.25, 0.3) is 0 Å². The normalized spacial score (nSPS) is 10.5. The van der Waals surface area contributed by atoms with Crippen molar-refractivity contribution in [2.45, 2.75) is 13.5 Å². The third-order valence-electron chi connectivity index (χ3n) is 3.58. The monoisotopic (exact) mass is 388 g/mol. The maximum Gasteiger partial charge on any atom is 0.344 e. The van der Waals surface area contributed by atoms with Crippen molar-refractivity contribution in [2.24, 2.45) is 0 Å². The number of anilines is 2. The number of thiazole rings is 1. The molecule has 3 aromatic rings. The Bertz CT molecular complexity index is 956. The number of nitrogens with zero attached hydrogens (tertiary/aromatic N) is 2. The van der Waals surface area contributed by atoms with Gasteiger partial charge in [-0.1, -0.05) is 24.3 Å². The van der Waals surface area contributed by atoms with Crippen molar-refractivity contribution in [3.8, 4) is 0 Å². The molecule has 0 N–H and O–H groups in total. The average molecular weight is 388 g/mol. The number of hydrogen-bond acceptors (Lipinski definition) is 5. The fourth-order valence-electron chi connectivity index (χ4n) is 2.37. The SMILES string of the molecule is CC(=O)N(c1ccccc1)c1nc(COC(=O)c2c(F)cccc2F)cs1. The lowest BCUT2D eigenvalue weighted by molar-refractivity contribution is -0.115. The molecule has 0 fully saturated rings. The van der Waals surface area contributed by atoms with E-state index in [0.29, 0.717) is 16.5 Å². The molecule has 138 valence electrons. The summed E-state index contributed by atoms with van der Waals surface area (Å²) in [6, 6.07) is 12.1. The number of aromatic nitrogens is 1. The summed E-state index contributed by atoms with van der Waals surface area (Å²) in [5.41, 5.74) is 0.265. The van der Waals surface area contributed by atoms with Gasteiger partial charge in [-0.2, -0.15) is 0 Å². The molecule has 27 heavy (non-hydrogen) atoms. The first-order valence-electron chi connectivity index (χ1n) is 7.88. The van der Waals surface area contributed by atoms with Crippen molar-refractivity contribution in [3.63, 3.8) is 0 Å². The third-order valence-corrected chi connectivity index (χ3v) is 4.45. The van der Waals surface area contributed by atoms with E-state index >= 15 is 0 Å². The van der Waals surface area contributed by atoms with Crippen molar-refractivity contribution in [1.29, 1.82) is 0 Å². The molecule has 0 saturated carbocycles. The molecule has 3 rings (SSSR count). The molecule has 5 nitrogen and oxygen atoms in total. The molecule has 0 atom stereocenters. The molecule has 8 heteroatoms. The van der Waals surface area contributed by atoms with Gasteiger partial charge < -0.3 is 4.74 Å². The summed E-state index contributed by atoms with van der Waals surface area (Å²) in [4.78, 5) is 29.6. The number of rotatable bonds is 5. The number of benzene rings is 2. The van der Waals surface area contributed by atoms with Gasteiger partial charge in [-0.05, 0) is 24.3 Å². The van der Waals surface area contributed by atoms with E-state index in [0.717, 1.165) is 18.2 Å². The van der Waals surface area contributed by atoms with Crippen molar-refractivity contribution in [2.75, 3.05) is 4.90 Å². The summed E-state index contributed by atoms with van der Waals surface area (Å²) in [7, 11) is 0. The van der Waals surface area contributed by atoms with Crippen molar-refractivity contribution in [3.05, 3.63) is 76.8 Å². The molecule has 0 radical (unpaired) electrons. The largest absolute Gasteiger partial charge is 0.455 e. The molecule has 0 aliphatic heterocycles. The highest BCUT2D eigenvalue weighted by Crippen LogP contribution is 2.29. The van der Waals surface area contributed by atoms with E-state index in [1.54, 1.807) is 29.6 Å². The summed E-state index contributed by atoms with van der Waals surface area (Å²) >= 11 is 1.19. The standard InChI is InChI=1S/C19H14F2N2O3S/c1-12(24)23(14-6-3-2-4-7-14)19-22-13(11-27-19)10-26-18(25)17-15(20)8-5-9-16(17)21/h2-9,11H,10H2,1H3. The molecule has 0 aliphatic rings. The number of carbonyl (C=O) groups is 2. The fourth-order valence-corrected chi connectivity index (χ4v) is 3.25. The maximum absolute atomic E-state index is 13.6. The molecular weight excluding hydrogens is 374 g/mol. The van der Waals surface area contributed by atoms with Crippen LogP contribution in [-0.2, 0) is 16.1 Å². The van der Waals surface area contributed by atoms with E-state index in [4.69, 9.17) is 4.74 Å². The Morgan fingerprint density at radius 1 is 1.07 bits per heavy atom. The van der Waals surface area contributed by atoms with Crippen LogP contribution >= 0.6 is 11.3 Å². The fraction of sp³-hybridized carbons (Fsp3) is 0.105. The molecule has 1 amide bonds. The van der Waals surface area contributed by atoms with Crippen LogP contribution in [0.4, 0.5) is 19.6 Å². The highest BCUT2D eigenvalue weighted by molar-refractivity contribution is 7.14. The zero-order chi connectivity index (χ0) is 19.4. The van der Waals surface area contributed by atoms with Crippen LogP contribution < -0.4 is 4.90 Å². The van der Waals surface area contributed by atoms with Gasteiger partial charge in [-0.25, -0.2) is 18.6 Å². The summed E-state index contributed by atoms with van der Waals surface area (Å²) in [6.45, 7) is 1.14. The summed E-state index contributed by atoms with van der Waals surface area (Å²) in [5, 5.41) is 2.01. The van der Waals surface area contributed by atoms with Gasteiger partial charge >= 0.3 is 5.97 Å². The molecule has 0 spiro atoms. The molecule has 0 unspecified atom stereocenters. The Labute approximate surface area is 157 Å². The number of halogens is 2. The molecule has 2 aromatic carbocycles. The van der Waals surface area contributed by atoms with E-state index in [9.17, 15) is 18.4 Å². The van der Waals surface area contributed by atoms with Crippen LogP contribution in [0.25, 0.3) is 0 Å². The number of ether oxygens (including phenoxy) is 1. The predicted molar refractivity (Wildman–Crippen MR) is 96.9 cm³/mol. The van der Waals surface area contributed by atoms with Gasteiger partial charge in [-0.15, -0.1) is 11.3 Å². The van der Waals surface area contributed by atoms with Crippen LogP contribution in [0, 0.1) is 11.6 Å². The van der Waals surface area contributed by atoms with Crippen LogP contribution in [0.15, 0.2) is 53.9 Å². The highest BCUT2D eigenvalue weighted by atomic mass is 32.1. The molecule has 1 heterocycles. The van der Waals surface area contributed by atoms with Gasteiger partial charge in [-0.3, -0.25) is 9.69 Å². The Kier molecular flexibility index (Phi) is 5.56. The van der Waals surface area contributed by atoms with Gasteiger partial charge in [0.05, 0.1) is 11.4 Å². The molecular formula is C19H14F2N2O3S. The Morgan fingerprint density at radius 3 is 2.37 bits per heavy atom. The lowest BCUT2D eigenvalue weighted by atomic mass is 10.2. The minimum atomic E-state index is -1.12. The van der Waals surface area contributed by atoms with E-state index in [2.05, 4.69) is 4.98 Å². The third kappa shape index (κ3) is 4.17. The zero-order valence-corrected chi connectivity index (χ0v) is 15.0. The second kappa shape index (κ2) is 8.05. The maximum atomic E-state index is 13.6. The number of esters is 1. The van der Waals surface area contributed by atoms with Gasteiger partial charge in [0.1, 0.15) is 23.8 Å². The number of para-hydroxylation sites is 1. The van der Waals surface area contributed by atoms with E-state index in [1.165, 1.54) is 23.2 Å². The van der Waals surface area contributed by atoms with Gasteiger partial charge in [0.2, 0.25) is 5.91 Å². The first kappa shape index (κ1) is 18.7. The van der Waals surface area contributed by atoms with Crippen LogP contribution in [0.1, 0.15) is 23.0 Å². The molecule has 0 bridgehead atoms. The smallest absolute Gasteiger partial charge is 0.344 e.